The molecule has 4 rings (SSSR count). The van der Waals surface area contributed by atoms with Gasteiger partial charge >= 0.3 is 0 Å². The normalized spacial score (nSPS) is 19.3. The molecule has 0 radical (unpaired) electrons. The minimum atomic E-state index is -1.07. The van der Waals surface area contributed by atoms with Gasteiger partial charge in [0.25, 0.3) is 5.56 Å². The molecule has 0 bridgehead atoms. The highest BCUT2D eigenvalue weighted by Gasteiger charge is 2.37. The maximum absolute atomic E-state index is 13.1. The van der Waals surface area contributed by atoms with Crippen molar-refractivity contribution < 1.29 is 14.3 Å². The van der Waals surface area contributed by atoms with Gasteiger partial charge in [0, 0.05) is 30.6 Å². The van der Waals surface area contributed by atoms with Gasteiger partial charge in [0.2, 0.25) is 5.91 Å². The number of likely N-dealkylation sites (tertiary alicyclic amines) is 1. The van der Waals surface area contributed by atoms with Crippen molar-refractivity contribution in [2.24, 2.45) is 5.92 Å². The Morgan fingerprint density at radius 2 is 1.82 bits per heavy atom. The topological polar surface area (TPSA) is 75.4 Å². The molecule has 1 aromatic heterocycles. The molecular formula is C21H24FN3O3. The number of amides is 1. The molecule has 1 saturated carbocycles. The Labute approximate surface area is 162 Å². The highest BCUT2D eigenvalue weighted by molar-refractivity contribution is 5.79. The van der Waals surface area contributed by atoms with E-state index in [1.165, 1.54) is 22.9 Å². The third kappa shape index (κ3) is 3.85. The number of rotatable bonds is 4. The number of piperidine rings is 1. The van der Waals surface area contributed by atoms with Crippen LogP contribution in [0.15, 0.2) is 41.2 Å². The van der Waals surface area contributed by atoms with Crippen LogP contribution in [0.4, 0.5) is 4.39 Å². The highest BCUT2D eigenvalue weighted by Crippen LogP contribution is 2.31. The van der Waals surface area contributed by atoms with Crippen LogP contribution >= 0.6 is 0 Å². The maximum atomic E-state index is 13.1. The third-order valence-corrected chi connectivity index (χ3v) is 5.91. The molecule has 1 amide bonds. The number of nitrogens with zero attached hydrogens (tertiary/aromatic N) is 3. The van der Waals surface area contributed by atoms with Crippen molar-refractivity contribution in [1.82, 2.24) is 14.7 Å². The van der Waals surface area contributed by atoms with Gasteiger partial charge in [0.15, 0.2) is 0 Å². The quantitative estimate of drug-likeness (QED) is 0.876. The first-order chi connectivity index (χ1) is 13.4. The summed E-state index contributed by atoms with van der Waals surface area (Å²) in [4.78, 5) is 26.5. The first-order valence-electron chi connectivity index (χ1n) is 9.79. The number of hydrogen-bond acceptors (Lipinski definition) is 4. The molecule has 0 spiro atoms. The van der Waals surface area contributed by atoms with E-state index in [1.54, 1.807) is 18.2 Å². The Balaban J connectivity index is 1.46. The van der Waals surface area contributed by atoms with Crippen molar-refractivity contribution in [3.63, 3.8) is 0 Å². The van der Waals surface area contributed by atoms with Gasteiger partial charge < -0.3 is 10.0 Å². The standard InChI is InChI=1S/C21H24FN3O3/c22-17-6-4-15(5-7-17)18-8-9-19(26)25(23-18)14-21(28)10-12-24(13-11-21)20(27)16-2-1-3-16/h4-9,16,28H,1-3,10-14H2. The first-order valence-corrected chi connectivity index (χ1v) is 9.79. The second kappa shape index (κ2) is 7.47. The van der Waals surface area contributed by atoms with E-state index in [0.29, 0.717) is 37.2 Å². The van der Waals surface area contributed by atoms with Crippen LogP contribution in [0.25, 0.3) is 11.3 Å². The molecule has 6 nitrogen and oxygen atoms in total. The number of carbonyl (C=O) groups excluding carboxylic acids is 1. The van der Waals surface area contributed by atoms with E-state index in [9.17, 15) is 19.1 Å². The summed E-state index contributed by atoms with van der Waals surface area (Å²) in [5.41, 5.74) is -0.134. The summed E-state index contributed by atoms with van der Waals surface area (Å²) >= 11 is 0. The van der Waals surface area contributed by atoms with Gasteiger partial charge in [-0.25, -0.2) is 9.07 Å². The number of hydrogen-bond donors (Lipinski definition) is 1. The van der Waals surface area contributed by atoms with E-state index in [4.69, 9.17) is 0 Å². The van der Waals surface area contributed by atoms with Gasteiger partial charge in [0.1, 0.15) is 5.82 Å². The minimum Gasteiger partial charge on any atom is -0.388 e. The number of aliphatic hydroxyl groups is 1. The lowest BCUT2D eigenvalue weighted by molar-refractivity contribution is -0.142. The summed E-state index contributed by atoms with van der Waals surface area (Å²) in [5, 5.41) is 15.3. The first kappa shape index (κ1) is 18.8. The molecule has 1 saturated heterocycles. The van der Waals surface area contributed by atoms with E-state index >= 15 is 0 Å². The zero-order valence-corrected chi connectivity index (χ0v) is 15.7. The van der Waals surface area contributed by atoms with Crippen molar-refractivity contribution in [2.75, 3.05) is 13.1 Å². The van der Waals surface area contributed by atoms with Crippen LogP contribution < -0.4 is 5.56 Å². The zero-order chi connectivity index (χ0) is 19.7. The molecule has 2 heterocycles. The van der Waals surface area contributed by atoms with Crippen LogP contribution in [-0.2, 0) is 11.3 Å². The summed E-state index contributed by atoms with van der Waals surface area (Å²) in [6, 6.07) is 8.89. The average molecular weight is 385 g/mol. The summed E-state index contributed by atoms with van der Waals surface area (Å²) in [7, 11) is 0. The Hall–Kier alpha value is -2.54. The average Bonchev–Trinajstić information content (AvgIpc) is 2.63. The lowest BCUT2D eigenvalue weighted by Crippen LogP contribution is -2.51. The van der Waals surface area contributed by atoms with Gasteiger partial charge in [-0.05, 0) is 56.0 Å². The Kier molecular flexibility index (Phi) is 5.02. The fourth-order valence-corrected chi connectivity index (χ4v) is 3.83. The summed E-state index contributed by atoms with van der Waals surface area (Å²) in [5.74, 6) is 0.0133. The summed E-state index contributed by atoms with van der Waals surface area (Å²) in [6.45, 7) is 1.07. The Bertz CT molecular complexity index is 913. The van der Waals surface area contributed by atoms with Crippen LogP contribution in [0, 0.1) is 11.7 Å². The lowest BCUT2D eigenvalue weighted by atomic mass is 9.83. The van der Waals surface area contributed by atoms with Crippen LogP contribution in [-0.4, -0.2) is 44.4 Å². The largest absolute Gasteiger partial charge is 0.388 e. The van der Waals surface area contributed by atoms with Crippen molar-refractivity contribution in [3.8, 4) is 11.3 Å². The second-order valence-corrected chi connectivity index (χ2v) is 7.90. The van der Waals surface area contributed by atoms with Crippen LogP contribution in [0.2, 0.25) is 0 Å². The smallest absolute Gasteiger partial charge is 0.266 e. The molecule has 0 unspecified atom stereocenters. The van der Waals surface area contributed by atoms with E-state index in [-0.39, 0.29) is 29.7 Å². The Morgan fingerprint density at radius 3 is 2.43 bits per heavy atom. The molecule has 2 fully saturated rings. The lowest BCUT2D eigenvalue weighted by Gasteiger charge is -2.40. The van der Waals surface area contributed by atoms with Crippen molar-refractivity contribution in [2.45, 2.75) is 44.2 Å². The summed E-state index contributed by atoms with van der Waals surface area (Å²) in [6.07, 6.45) is 3.89. The summed E-state index contributed by atoms with van der Waals surface area (Å²) < 4.78 is 14.4. The fourth-order valence-electron chi connectivity index (χ4n) is 3.83. The van der Waals surface area contributed by atoms with Crippen molar-refractivity contribution >= 4 is 5.91 Å². The molecule has 7 heteroatoms. The molecule has 2 aliphatic rings. The SMILES string of the molecule is O=C(C1CCC1)N1CCC(O)(Cn2nc(-c3ccc(F)cc3)ccc2=O)CC1. The van der Waals surface area contributed by atoms with Crippen molar-refractivity contribution in [1.29, 1.82) is 0 Å². The van der Waals surface area contributed by atoms with Gasteiger partial charge in [0.05, 0.1) is 17.8 Å². The van der Waals surface area contributed by atoms with Crippen LogP contribution in [0.1, 0.15) is 32.1 Å². The van der Waals surface area contributed by atoms with Crippen molar-refractivity contribution in [3.05, 3.63) is 52.6 Å². The second-order valence-electron chi connectivity index (χ2n) is 7.90. The van der Waals surface area contributed by atoms with Crippen LogP contribution in [0.5, 0.6) is 0 Å². The van der Waals surface area contributed by atoms with Crippen LogP contribution in [0.3, 0.4) is 0 Å². The molecule has 1 aromatic carbocycles. The van der Waals surface area contributed by atoms with E-state index in [0.717, 1.165) is 19.3 Å². The number of carbonyl (C=O) groups is 1. The monoisotopic (exact) mass is 385 g/mol. The number of aromatic nitrogens is 2. The Morgan fingerprint density at radius 1 is 1.14 bits per heavy atom. The molecule has 1 aliphatic carbocycles. The molecule has 2 aromatic rings. The third-order valence-electron chi connectivity index (χ3n) is 5.91. The molecule has 0 atom stereocenters. The van der Waals surface area contributed by atoms with E-state index in [1.807, 2.05) is 4.90 Å². The molecule has 28 heavy (non-hydrogen) atoms. The predicted octanol–water partition coefficient (Wildman–Crippen LogP) is 2.20. The maximum Gasteiger partial charge on any atom is 0.266 e. The highest BCUT2D eigenvalue weighted by atomic mass is 19.1. The number of benzene rings is 1. The molecular weight excluding hydrogens is 361 g/mol. The zero-order valence-electron chi connectivity index (χ0n) is 15.7. The van der Waals surface area contributed by atoms with Gasteiger partial charge in [-0.3, -0.25) is 9.59 Å². The van der Waals surface area contributed by atoms with Gasteiger partial charge in [-0.1, -0.05) is 6.42 Å². The van der Waals surface area contributed by atoms with E-state index < -0.39 is 5.60 Å². The van der Waals surface area contributed by atoms with E-state index in [2.05, 4.69) is 5.10 Å². The molecule has 148 valence electrons. The van der Waals surface area contributed by atoms with Gasteiger partial charge in [-0.2, -0.15) is 5.10 Å². The number of halogens is 1. The molecule has 1 N–H and O–H groups in total. The molecule has 1 aliphatic heterocycles. The minimum absolute atomic E-state index is 0.0757. The van der Waals surface area contributed by atoms with Gasteiger partial charge in [-0.15, -0.1) is 0 Å². The fraction of sp³-hybridized carbons (Fsp3) is 0.476. The predicted molar refractivity (Wildman–Crippen MR) is 102 cm³/mol.